The molecule has 0 saturated heterocycles. The molecule has 0 unspecified atom stereocenters. The van der Waals surface area contributed by atoms with Gasteiger partial charge in [0.2, 0.25) is 0 Å². The van der Waals surface area contributed by atoms with E-state index in [-0.39, 0.29) is 5.97 Å². The first kappa shape index (κ1) is 14.1. The zero-order valence-electron chi connectivity index (χ0n) is 11.5. The zero-order chi connectivity index (χ0) is 14.2. The van der Waals surface area contributed by atoms with Crippen LogP contribution in [0, 0.1) is 0 Å². The molecule has 0 radical (unpaired) electrons. The third-order valence-corrected chi connectivity index (χ3v) is 2.76. The maximum Gasteiger partial charge on any atom is 0.330 e. The van der Waals surface area contributed by atoms with E-state index in [1.807, 2.05) is 42.6 Å². The largest absolute Gasteiger partial charge is 0.463 e. The van der Waals surface area contributed by atoms with E-state index in [4.69, 9.17) is 4.74 Å². The van der Waals surface area contributed by atoms with Crippen LogP contribution in [-0.2, 0) is 9.53 Å². The molecule has 4 nitrogen and oxygen atoms in total. The molecule has 0 spiro atoms. The number of para-hydroxylation sites is 1. The standard InChI is InChI=1S/C16H18N2O2/c1-2-3-13-20-16(19)10-9-14-11-12-18(17-14)15-7-5-4-6-8-15/h4-12H,2-3,13H2,1H3/b10-9+. The van der Waals surface area contributed by atoms with Crippen LogP contribution in [0.15, 0.2) is 48.7 Å². The molecule has 0 aliphatic heterocycles. The topological polar surface area (TPSA) is 44.1 Å². The lowest BCUT2D eigenvalue weighted by Gasteiger charge is -1.99. The Hall–Kier alpha value is -2.36. The molecule has 1 heterocycles. The van der Waals surface area contributed by atoms with Gasteiger partial charge in [-0.1, -0.05) is 31.5 Å². The first-order valence-corrected chi connectivity index (χ1v) is 6.75. The van der Waals surface area contributed by atoms with Gasteiger partial charge in [-0.05, 0) is 30.7 Å². The van der Waals surface area contributed by atoms with Crippen LogP contribution >= 0.6 is 0 Å². The second-order valence-corrected chi connectivity index (χ2v) is 4.38. The number of carbonyl (C=O) groups excluding carboxylic acids is 1. The highest BCUT2D eigenvalue weighted by molar-refractivity contribution is 5.86. The predicted molar refractivity (Wildman–Crippen MR) is 78.5 cm³/mol. The number of aromatic nitrogens is 2. The van der Waals surface area contributed by atoms with Crippen molar-refractivity contribution < 1.29 is 9.53 Å². The smallest absolute Gasteiger partial charge is 0.330 e. The van der Waals surface area contributed by atoms with Crippen LogP contribution in [0.4, 0.5) is 0 Å². The van der Waals surface area contributed by atoms with Crippen LogP contribution in [-0.4, -0.2) is 22.4 Å². The lowest BCUT2D eigenvalue weighted by molar-refractivity contribution is -0.137. The minimum Gasteiger partial charge on any atom is -0.463 e. The monoisotopic (exact) mass is 270 g/mol. The first-order chi connectivity index (χ1) is 9.79. The van der Waals surface area contributed by atoms with E-state index in [1.165, 1.54) is 6.08 Å². The third kappa shape index (κ3) is 4.09. The molecule has 1 aromatic carbocycles. The Kier molecular flexibility index (Phi) is 5.12. The Morgan fingerprint density at radius 1 is 1.30 bits per heavy atom. The highest BCUT2D eigenvalue weighted by Gasteiger charge is 2.00. The van der Waals surface area contributed by atoms with Gasteiger partial charge in [-0.3, -0.25) is 0 Å². The van der Waals surface area contributed by atoms with Gasteiger partial charge in [0.15, 0.2) is 0 Å². The number of carbonyl (C=O) groups is 1. The van der Waals surface area contributed by atoms with Crippen LogP contribution in [0.5, 0.6) is 0 Å². The van der Waals surface area contributed by atoms with Gasteiger partial charge in [-0.25, -0.2) is 9.48 Å². The molecule has 20 heavy (non-hydrogen) atoms. The zero-order valence-corrected chi connectivity index (χ0v) is 11.5. The number of unbranched alkanes of at least 4 members (excludes halogenated alkanes) is 1. The van der Waals surface area contributed by atoms with Gasteiger partial charge < -0.3 is 4.74 Å². The van der Waals surface area contributed by atoms with E-state index >= 15 is 0 Å². The molecule has 0 aliphatic carbocycles. The van der Waals surface area contributed by atoms with E-state index in [2.05, 4.69) is 12.0 Å². The molecular weight excluding hydrogens is 252 g/mol. The van der Waals surface area contributed by atoms with Gasteiger partial charge in [-0.2, -0.15) is 5.10 Å². The Morgan fingerprint density at radius 3 is 2.85 bits per heavy atom. The molecule has 1 aromatic heterocycles. The van der Waals surface area contributed by atoms with Gasteiger partial charge in [0, 0.05) is 12.3 Å². The van der Waals surface area contributed by atoms with E-state index in [1.54, 1.807) is 10.8 Å². The van der Waals surface area contributed by atoms with Gasteiger partial charge in [0.25, 0.3) is 0 Å². The lowest BCUT2D eigenvalue weighted by atomic mass is 10.3. The minimum atomic E-state index is -0.326. The van der Waals surface area contributed by atoms with Crippen molar-refractivity contribution in [2.24, 2.45) is 0 Å². The number of nitrogens with zero attached hydrogens (tertiary/aromatic N) is 2. The van der Waals surface area contributed by atoms with Gasteiger partial charge in [0.05, 0.1) is 18.0 Å². The van der Waals surface area contributed by atoms with Crippen LogP contribution in [0.3, 0.4) is 0 Å². The molecule has 4 heteroatoms. The normalized spacial score (nSPS) is 10.8. The molecule has 0 bridgehead atoms. The fraction of sp³-hybridized carbons (Fsp3) is 0.250. The van der Waals surface area contributed by atoms with Gasteiger partial charge in [0.1, 0.15) is 0 Å². The Balaban J connectivity index is 1.94. The Morgan fingerprint density at radius 2 is 2.10 bits per heavy atom. The molecule has 0 N–H and O–H groups in total. The molecule has 0 fully saturated rings. The number of ether oxygens (including phenoxy) is 1. The number of esters is 1. The molecule has 2 rings (SSSR count). The molecule has 0 amide bonds. The average molecular weight is 270 g/mol. The maximum atomic E-state index is 11.4. The van der Waals surface area contributed by atoms with Crippen molar-refractivity contribution >= 4 is 12.0 Å². The number of hydrogen-bond donors (Lipinski definition) is 0. The average Bonchev–Trinajstić information content (AvgIpc) is 2.95. The molecule has 0 saturated carbocycles. The summed E-state index contributed by atoms with van der Waals surface area (Å²) in [7, 11) is 0. The van der Waals surface area contributed by atoms with E-state index in [9.17, 15) is 4.79 Å². The van der Waals surface area contributed by atoms with Crippen molar-refractivity contribution in [3.63, 3.8) is 0 Å². The quantitative estimate of drug-likeness (QED) is 0.460. The summed E-state index contributed by atoms with van der Waals surface area (Å²) in [4.78, 5) is 11.4. The summed E-state index contributed by atoms with van der Waals surface area (Å²) < 4.78 is 6.80. The second kappa shape index (κ2) is 7.28. The van der Waals surface area contributed by atoms with Gasteiger partial charge >= 0.3 is 5.97 Å². The van der Waals surface area contributed by atoms with Crippen molar-refractivity contribution in [2.75, 3.05) is 6.61 Å². The number of rotatable bonds is 6. The first-order valence-electron chi connectivity index (χ1n) is 6.75. The highest BCUT2D eigenvalue weighted by atomic mass is 16.5. The lowest BCUT2D eigenvalue weighted by Crippen LogP contribution is -2.01. The van der Waals surface area contributed by atoms with Crippen LogP contribution in [0.1, 0.15) is 25.5 Å². The summed E-state index contributed by atoms with van der Waals surface area (Å²) in [5.74, 6) is -0.326. The van der Waals surface area contributed by atoms with Crippen molar-refractivity contribution in [3.05, 3.63) is 54.4 Å². The summed E-state index contributed by atoms with van der Waals surface area (Å²) in [6.45, 7) is 2.53. The van der Waals surface area contributed by atoms with Crippen molar-refractivity contribution in [1.29, 1.82) is 0 Å². The highest BCUT2D eigenvalue weighted by Crippen LogP contribution is 2.07. The number of benzene rings is 1. The summed E-state index contributed by atoms with van der Waals surface area (Å²) in [6.07, 6.45) is 6.83. The number of hydrogen-bond acceptors (Lipinski definition) is 3. The summed E-state index contributed by atoms with van der Waals surface area (Å²) in [6, 6.07) is 11.7. The SMILES string of the molecule is CCCCOC(=O)/C=C/c1ccn(-c2ccccc2)n1. The van der Waals surface area contributed by atoms with Crippen molar-refractivity contribution in [3.8, 4) is 5.69 Å². The predicted octanol–water partition coefficient (Wildman–Crippen LogP) is 3.23. The summed E-state index contributed by atoms with van der Waals surface area (Å²) >= 11 is 0. The van der Waals surface area contributed by atoms with E-state index < -0.39 is 0 Å². The second-order valence-electron chi connectivity index (χ2n) is 4.38. The van der Waals surface area contributed by atoms with Crippen LogP contribution in [0.25, 0.3) is 11.8 Å². The maximum absolute atomic E-state index is 11.4. The van der Waals surface area contributed by atoms with Crippen LogP contribution in [0.2, 0.25) is 0 Å². The summed E-state index contributed by atoms with van der Waals surface area (Å²) in [5.41, 5.74) is 1.71. The molecule has 0 aliphatic rings. The third-order valence-electron chi connectivity index (χ3n) is 2.76. The van der Waals surface area contributed by atoms with Crippen LogP contribution < -0.4 is 0 Å². The molecule has 0 atom stereocenters. The van der Waals surface area contributed by atoms with Gasteiger partial charge in [-0.15, -0.1) is 0 Å². The minimum absolute atomic E-state index is 0.326. The molecule has 104 valence electrons. The summed E-state index contributed by atoms with van der Waals surface area (Å²) in [5, 5.41) is 4.37. The fourth-order valence-electron chi connectivity index (χ4n) is 1.67. The van der Waals surface area contributed by atoms with Crippen molar-refractivity contribution in [2.45, 2.75) is 19.8 Å². The molecular formula is C16H18N2O2. The Labute approximate surface area is 118 Å². The molecule has 2 aromatic rings. The Bertz CT molecular complexity index is 573. The van der Waals surface area contributed by atoms with E-state index in [0.29, 0.717) is 6.61 Å². The van der Waals surface area contributed by atoms with E-state index in [0.717, 1.165) is 24.2 Å². The van der Waals surface area contributed by atoms with Crippen molar-refractivity contribution in [1.82, 2.24) is 9.78 Å². The fourth-order valence-corrected chi connectivity index (χ4v) is 1.67.